The first-order valence-electron chi connectivity index (χ1n) is 7.17. The topological polar surface area (TPSA) is 59.0 Å². The number of hydrogen-bond donors (Lipinski definition) is 2. The van der Waals surface area contributed by atoms with Gasteiger partial charge in [-0.05, 0) is 31.4 Å². The van der Waals surface area contributed by atoms with E-state index in [1.54, 1.807) is 4.68 Å². The van der Waals surface area contributed by atoms with E-state index in [1.165, 1.54) is 11.1 Å². The van der Waals surface area contributed by atoms with Crippen LogP contribution in [0.4, 0.5) is 5.69 Å². The molecule has 5 heteroatoms. The molecule has 1 aromatic heterocycles. The third-order valence-corrected chi connectivity index (χ3v) is 4.16. The van der Waals surface area contributed by atoms with Crippen molar-refractivity contribution in [1.82, 2.24) is 15.1 Å². The molecule has 2 aromatic rings. The average molecular weight is 284 g/mol. The number of benzene rings is 1. The highest BCUT2D eigenvalue weighted by Crippen LogP contribution is 2.21. The largest absolute Gasteiger partial charge is 0.322 e. The standard InChI is InChI=1S/C16H20N4O/c1-10-15(11(2)20(3)19-10)18-16(21)14-8-12-6-4-5-7-13(12)9-17-14/h4-7,14,17H,8-9H2,1-3H3,(H,18,21)/t14-/m0/s1. The molecule has 0 radical (unpaired) electrons. The summed E-state index contributed by atoms with van der Waals surface area (Å²) in [4.78, 5) is 12.5. The predicted octanol–water partition coefficient (Wildman–Crippen LogP) is 1.69. The minimum Gasteiger partial charge on any atom is -0.322 e. The van der Waals surface area contributed by atoms with Crippen molar-refractivity contribution < 1.29 is 4.79 Å². The molecular weight excluding hydrogens is 264 g/mol. The predicted molar refractivity (Wildman–Crippen MR) is 82.1 cm³/mol. The average Bonchev–Trinajstić information content (AvgIpc) is 2.73. The molecule has 2 N–H and O–H groups in total. The lowest BCUT2D eigenvalue weighted by Gasteiger charge is -2.25. The van der Waals surface area contributed by atoms with Crippen molar-refractivity contribution in [3.8, 4) is 0 Å². The number of hydrogen-bond acceptors (Lipinski definition) is 3. The molecule has 0 fully saturated rings. The zero-order chi connectivity index (χ0) is 15.0. The van der Waals surface area contributed by atoms with Crippen LogP contribution in [0.25, 0.3) is 0 Å². The van der Waals surface area contributed by atoms with Crippen molar-refractivity contribution in [2.45, 2.75) is 32.9 Å². The number of nitrogens with one attached hydrogen (secondary N) is 2. The minimum atomic E-state index is -0.195. The molecule has 0 saturated heterocycles. The molecule has 1 atom stereocenters. The molecular formula is C16H20N4O. The van der Waals surface area contributed by atoms with Gasteiger partial charge in [-0.25, -0.2) is 0 Å². The van der Waals surface area contributed by atoms with Crippen LogP contribution in [0.5, 0.6) is 0 Å². The van der Waals surface area contributed by atoms with E-state index in [9.17, 15) is 4.79 Å². The molecule has 110 valence electrons. The Morgan fingerprint density at radius 3 is 2.71 bits per heavy atom. The van der Waals surface area contributed by atoms with E-state index in [0.29, 0.717) is 0 Å². The first-order valence-corrected chi connectivity index (χ1v) is 7.17. The summed E-state index contributed by atoms with van der Waals surface area (Å²) in [6, 6.07) is 8.06. The van der Waals surface area contributed by atoms with Gasteiger partial charge in [0.05, 0.1) is 23.1 Å². The normalized spacial score (nSPS) is 17.4. The van der Waals surface area contributed by atoms with E-state index >= 15 is 0 Å². The van der Waals surface area contributed by atoms with Gasteiger partial charge in [0.2, 0.25) is 5.91 Å². The molecule has 0 spiro atoms. The molecule has 2 heterocycles. The van der Waals surface area contributed by atoms with Gasteiger partial charge in [-0.3, -0.25) is 9.48 Å². The van der Waals surface area contributed by atoms with E-state index in [2.05, 4.69) is 27.9 Å². The van der Waals surface area contributed by atoms with Crippen LogP contribution < -0.4 is 10.6 Å². The highest BCUT2D eigenvalue weighted by atomic mass is 16.2. The Hall–Kier alpha value is -2.14. The van der Waals surface area contributed by atoms with Crippen molar-refractivity contribution in [2.75, 3.05) is 5.32 Å². The molecule has 21 heavy (non-hydrogen) atoms. The summed E-state index contributed by atoms with van der Waals surface area (Å²) >= 11 is 0. The van der Waals surface area contributed by atoms with Crippen molar-refractivity contribution in [2.24, 2.45) is 7.05 Å². The number of anilines is 1. The zero-order valence-electron chi connectivity index (χ0n) is 12.6. The Labute approximate surface area is 124 Å². The molecule has 3 rings (SSSR count). The van der Waals surface area contributed by atoms with Crippen molar-refractivity contribution in [3.05, 3.63) is 46.8 Å². The van der Waals surface area contributed by atoms with Gasteiger partial charge in [0, 0.05) is 13.6 Å². The zero-order valence-corrected chi connectivity index (χ0v) is 12.6. The van der Waals surface area contributed by atoms with E-state index in [-0.39, 0.29) is 11.9 Å². The number of amides is 1. The number of rotatable bonds is 2. The second-order valence-corrected chi connectivity index (χ2v) is 5.56. The molecule has 1 aliphatic heterocycles. The van der Waals surface area contributed by atoms with Gasteiger partial charge in [-0.2, -0.15) is 5.10 Å². The van der Waals surface area contributed by atoms with Crippen LogP contribution >= 0.6 is 0 Å². The maximum atomic E-state index is 12.5. The molecule has 1 aliphatic rings. The van der Waals surface area contributed by atoms with Gasteiger partial charge in [-0.15, -0.1) is 0 Å². The van der Waals surface area contributed by atoms with Crippen molar-refractivity contribution >= 4 is 11.6 Å². The Kier molecular flexibility index (Phi) is 3.51. The van der Waals surface area contributed by atoms with Crippen LogP contribution in [0.2, 0.25) is 0 Å². The van der Waals surface area contributed by atoms with Crippen LogP contribution in [0.3, 0.4) is 0 Å². The summed E-state index contributed by atoms with van der Waals surface area (Å²) in [5.41, 5.74) is 5.16. The lowest BCUT2D eigenvalue weighted by atomic mass is 9.95. The summed E-state index contributed by atoms with van der Waals surface area (Å²) in [6.45, 7) is 4.60. The van der Waals surface area contributed by atoms with Crippen LogP contribution in [0.15, 0.2) is 24.3 Å². The summed E-state index contributed by atoms with van der Waals surface area (Å²) in [5.74, 6) is 0.00343. The molecule has 0 aliphatic carbocycles. The Morgan fingerprint density at radius 2 is 2.05 bits per heavy atom. The first kappa shape index (κ1) is 13.8. The number of fused-ring (bicyclic) bond motifs is 1. The number of carbonyl (C=O) groups excluding carboxylic acids is 1. The van der Waals surface area contributed by atoms with Crippen LogP contribution in [-0.4, -0.2) is 21.7 Å². The van der Waals surface area contributed by atoms with E-state index in [0.717, 1.165) is 30.0 Å². The second-order valence-electron chi connectivity index (χ2n) is 5.56. The quantitative estimate of drug-likeness (QED) is 0.882. The maximum absolute atomic E-state index is 12.5. The molecule has 0 bridgehead atoms. The third-order valence-electron chi connectivity index (χ3n) is 4.16. The van der Waals surface area contributed by atoms with Crippen molar-refractivity contribution in [3.63, 3.8) is 0 Å². The summed E-state index contributed by atoms with van der Waals surface area (Å²) in [5, 5.41) is 10.6. The lowest BCUT2D eigenvalue weighted by molar-refractivity contribution is -0.118. The molecule has 5 nitrogen and oxygen atoms in total. The van der Waals surface area contributed by atoms with E-state index in [1.807, 2.05) is 33.0 Å². The summed E-state index contributed by atoms with van der Waals surface area (Å²) in [7, 11) is 1.88. The monoisotopic (exact) mass is 284 g/mol. The fourth-order valence-corrected chi connectivity index (χ4v) is 2.80. The van der Waals surface area contributed by atoms with Gasteiger partial charge < -0.3 is 10.6 Å². The molecule has 0 unspecified atom stereocenters. The summed E-state index contributed by atoms with van der Waals surface area (Å²) < 4.78 is 1.79. The number of nitrogens with zero attached hydrogens (tertiary/aromatic N) is 2. The Balaban J connectivity index is 1.75. The van der Waals surface area contributed by atoms with Crippen LogP contribution in [0, 0.1) is 13.8 Å². The van der Waals surface area contributed by atoms with Crippen molar-refractivity contribution in [1.29, 1.82) is 0 Å². The highest BCUT2D eigenvalue weighted by Gasteiger charge is 2.25. The SMILES string of the molecule is Cc1nn(C)c(C)c1NC(=O)[C@@H]1Cc2ccccc2CN1. The number of aromatic nitrogens is 2. The van der Waals surface area contributed by atoms with Crippen LogP contribution in [0.1, 0.15) is 22.5 Å². The minimum absolute atomic E-state index is 0.00343. The number of carbonyl (C=O) groups is 1. The maximum Gasteiger partial charge on any atom is 0.241 e. The number of aryl methyl sites for hydroxylation is 2. The summed E-state index contributed by atoms with van der Waals surface area (Å²) in [6.07, 6.45) is 0.723. The smallest absolute Gasteiger partial charge is 0.241 e. The van der Waals surface area contributed by atoms with Crippen LogP contribution in [-0.2, 0) is 24.8 Å². The van der Waals surface area contributed by atoms with Gasteiger partial charge in [0.15, 0.2) is 0 Å². The Morgan fingerprint density at radius 1 is 1.33 bits per heavy atom. The van der Waals surface area contributed by atoms with Gasteiger partial charge >= 0.3 is 0 Å². The highest BCUT2D eigenvalue weighted by molar-refractivity contribution is 5.96. The molecule has 0 saturated carbocycles. The van der Waals surface area contributed by atoms with Gasteiger partial charge in [0.25, 0.3) is 0 Å². The first-order chi connectivity index (χ1) is 10.1. The third kappa shape index (κ3) is 2.56. The second kappa shape index (κ2) is 5.33. The molecule has 1 amide bonds. The lowest BCUT2D eigenvalue weighted by Crippen LogP contribution is -2.44. The fourth-order valence-electron chi connectivity index (χ4n) is 2.80. The molecule has 1 aromatic carbocycles. The van der Waals surface area contributed by atoms with Gasteiger partial charge in [0.1, 0.15) is 0 Å². The fraction of sp³-hybridized carbons (Fsp3) is 0.375. The Bertz CT molecular complexity index is 690. The van der Waals surface area contributed by atoms with E-state index < -0.39 is 0 Å². The van der Waals surface area contributed by atoms with Gasteiger partial charge in [-0.1, -0.05) is 24.3 Å². The van der Waals surface area contributed by atoms with E-state index in [4.69, 9.17) is 0 Å².